The van der Waals surface area contributed by atoms with Gasteiger partial charge in [0.1, 0.15) is 17.2 Å². The van der Waals surface area contributed by atoms with E-state index in [9.17, 15) is 19.5 Å². The lowest BCUT2D eigenvalue weighted by Gasteiger charge is -2.45. The van der Waals surface area contributed by atoms with Gasteiger partial charge in [-0.25, -0.2) is 9.59 Å². The van der Waals surface area contributed by atoms with Crippen LogP contribution in [0.1, 0.15) is 99.3 Å². The van der Waals surface area contributed by atoms with E-state index in [1.54, 1.807) is 27.7 Å². The largest absolute Gasteiger partial charge is 0.480 e. The zero-order valence-corrected chi connectivity index (χ0v) is 21.9. The highest BCUT2D eigenvalue weighted by Crippen LogP contribution is 2.45. The minimum absolute atomic E-state index is 0.0320. The van der Waals surface area contributed by atoms with Crippen molar-refractivity contribution in [3.05, 3.63) is 0 Å². The summed E-state index contributed by atoms with van der Waals surface area (Å²) < 4.78 is 11.3. The average molecular weight is 481 g/mol. The molecule has 8 nitrogen and oxygen atoms in total. The van der Waals surface area contributed by atoms with E-state index >= 15 is 0 Å². The second-order valence-corrected chi connectivity index (χ2v) is 11.7. The molecule has 0 spiro atoms. The zero-order chi connectivity index (χ0) is 25.3. The van der Waals surface area contributed by atoms with Crippen LogP contribution in [0.25, 0.3) is 0 Å². The molecule has 2 heterocycles. The van der Waals surface area contributed by atoms with Crippen LogP contribution >= 0.6 is 0 Å². The van der Waals surface area contributed by atoms with Gasteiger partial charge < -0.3 is 19.5 Å². The topological polar surface area (TPSA) is 96.4 Å². The van der Waals surface area contributed by atoms with E-state index in [0.29, 0.717) is 18.4 Å². The Bertz CT molecular complexity index is 758. The fourth-order valence-electron chi connectivity index (χ4n) is 6.07. The van der Waals surface area contributed by atoms with E-state index in [1.807, 2.05) is 4.90 Å². The van der Waals surface area contributed by atoms with Crippen molar-refractivity contribution in [1.82, 2.24) is 9.80 Å². The van der Waals surface area contributed by atoms with Crippen LogP contribution in [0.15, 0.2) is 0 Å². The maximum atomic E-state index is 13.7. The van der Waals surface area contributed by atoms with Crippen LogP contribution in [0.2, 0.25) is 0 Å². The van der Waals surface area contributed by atoms with Gasteiger partial charge in [0.05, 0.1) is 6.04 Å². The molecule has 3 rings (SSSR count). The zero-order valence-electron chi connectivity index (χ0n) is 21.9. The van der Waals surface area contributed by atoms with Crippen LogP contribution in [-0.4, -0.2) is 75.4 Å². The normalized spacial score (nSPS) is 29.8. The quantitative estimate of drug-likeness (QED) is 0.597. The van der Waals surface area contributed by atoms with Gasteiger partial charge in [0, 0.05) is 25.6 Å². The molecular weight excluding hydrogens is 436 g/mol. The highest BCUT2D eigenvalue weighted by atomic mass is 16.6. The molecule has 0 bridgehead atoms. The number of carboxylic acids is 1. The molecule has 1 N–H and O–H groups in total. The molecule has 3 fully saturated rings. The maximum absolute atomic E-state index is 13.7. The Hall–Kier alpha value is -1.83. The van der Waals surface area contributed by atoms with E-state index in [-0.39, 0.29) is 31.0 Å². The summed E-state index contributed by atoms with van der Waals surface area (Å²) in [6.07, 6.45) is 6.76. The molecule has 0 aromatic heterocycles. The lowest BCUT2D eigenvalue weighted by Crippen LogP contribution is -2.54. The predicted molar refractivity (Wildman–Crippen MR) is 128 cm³/mol. The summed E-state index contributed by atoms with van der Waals surface area (Å²) in [6.45, 7) is 12.1. The summed E-state index contributed by atoms with van der Waals surface area (Å²) in [6, 6.07) is -0.351. The third-order valence-corrected chi connectivity index (χ3v) is 8.46. The van der Waals surface area contributed by atoms with E-state index in [1.165, 1.54) is 4.90 Å². The van der Waals surface area contributed by atoms with Crippen molar-refractivity contribution >= 4 is 18.0 Å². The highest BCUT2D eigenvalue weighted by Gasteiger charge is 2.55. The maximum Gasteiger partial charge on any atom is 0.411 e. The summed E-state index contributed by atoms with van der Waals surface area (Å²) in [5, 5.41) is 10.1. The van der Waals surface area contributed by atoms with Crippen molar-refractivity contribution in [3.8, 4) is 0 Å². The molecule has 194 valence electrons. The van der Waals surface area contributed by atoms with Gasteiger partial charge in [-0.15, -0.1) is 0 Å². The van der Waals surface area contributed by atoms with E-state index in [0.717, 1.165) is 44.9 Å². The number of carbonyl (C=O) groups is 3. The second-order valence-electron chi connectivity index (χ2n) is 11.7. The molecule has 0 radical (unpaired) electrons. The molecule has 34 heavy (non-hydrogen) atoms. The third kappa shape index (κ3) is 5.37. The standard InChI is InChI=1S/C26H44N2O6/c1-7-26(8-2)13-11-18(12-14-26)28(21(29)20-10-9-15-33-20)19-16-25(6,22(30)31)27(17-19)23(32)34-24(3,4)5/h18-20H,7-17H2,1-6H3,(H,30,31)/t19-,20-,25-/m0/s1. The van der Waals surface area contributed by atoms with E-state index in [2.05, 4.69) is 13.8 Å². The Morgan fingerprint density at radius 1 is 1.09 bits per heavy atom. The number of hydrogen-bond donors (Lipinski definition) is 1. The van der Waals surface area contributed by atoms with E-state index in [4.69, 9.17) is 9.47 Å². The minimum atomic E-state index is -1.44. The monoisotopic (exact) mass is 480 g/mol. The minimum Gasteiger partial charge on any atom is -0.480 e. The molecule has 1 aliphatic carbocycles. The summed E-state index contributed by atoms with van der Waals surface area (Å²) in [5.41, 5.74) is -1.86. The second kappa shape index (κ2) is 10.0. The predicted octanol–water partition coefficient (Wildman–Crippen LogP) is 4.60. The van der Waals surface area contributed by atoms with Gasteiger partial charge in [0.25, 0.3) is 5.91 Å². The SMILES string of the molecule is CCC1(CC)CCC(N(C(=O)[C@@H]2CCCO2)[C@@H]2CN(C(=O)OC(C)(C)C)[C@](C)(C(=O)O)C2)CC1. The summed E-state index contributed by atoms with van der Waals surface area (Å²) in [4.78, 5) is 42.3. The molecule has 3 atom stereocenters. The number of hydrogen-bond acceptors (Lipinski definition) is 5. The van der Waals surface area contributed by atoms with Crippen LogP contribution in [-0.2, 0) is 19.1 Å². The Morgan fingerprint density at radius 2 is 1.71 bits per heavy atom. The number of ether oxygens (including phenoxy) is 2. The summed E-state index contributed by atoms with van der Waals surface area (Å²) >= 11 is 0. The third-order valence-electron chi connectivity index (χ3n) is 8.46. The number of carbonyl (C=O) groups excluding carboxylic acids is 2. The van der Waals surface area contributed by atoms with Gasteiger partial charge in [0.15, 0.2) is 0 Å². The molecule has 0 aromatic rings. The first-order chi connectivity index (χ1) is 15.9. The summed E-state index contributed by atoms with van der Waals surface area (Å²) in [7, 11) is 0. The van der Waals surface area contributed by atoms with Gasteiger partial charge in [-0.3, -0.25) is 9.69 Å². The molecule has 3 aliphatic rings. The first-order valence-corrected chi connectivity index (χ1v) is 13.0. The number of amides is 2. The lowest BCUT2D eigenvalue weighted by molar-refractivity contribution is -0.150. The number of aliphatic carboxylic acids is 1. The molecule has 2 aliphatic heterocycles. The molecule has 2 saturated heterocycles. The van der Waals surface area contributed by atoms with Gasteiger partial charge >= 0.3 is 12.1 Å². The van der Waals surface area contributed by atoms with Crippen molar-refractivity contribution in [2.75, 3.05) is 13.2 Å². The van der Waals surface area contributed by atoms with Gasteiger partial charge in [-0.05, 0) is 71.6 Å². The molecule has 0 aromatic carbocycles. The van der Waals surface area contributed by atoms with Crippen LogP contribution in [0.5, 0.6) is 0 Å². The fourth-order valence-corrected chi connectivity index (χ4v) is 6.07. The highest BCUT2D eigenvalue weighted by molar-refractivity contribution is 5.86. The van der Waals surface area contributed by atoms with Gasteiger partial charge in [-0.2, -0.15) is 0 Å². The van der Waals surface area contributed by atoms with Crippen molar-refractivity contribution < 1.29 is 29.0 Å². The van der Waals surface area contributed by atoms with Crippen LogP contribution in [0, 0.1) is 5.41 Å². The summed E-state index contributed by atoms with van der Waals surface area (Å²) in [5.74, 6) is -1.13. The Morgan fingerprint density at radius 3 is 2.18 bits per heavy atom. The molecule has 2 amide bonds. The lowest BCUT2D eigenvalue weighted by atomic mass is 9.68. The molecular formula is C26H44N2O6. The average Bonchev–Trinajstić information content (AvgIpc) is 3.42. The van der Waals surface area contributed by atoms with Crippen molar-refractivity contribution in [1.29, 1.82) is 0 Å². The Labute approximate surface area is 204 Å². The molecule has 8 heteroatoms. The number of carboxylic acid groups (broad SMARTS) is 1. The van der Waals surface area contributed by atoms with Crippen molar-refractivity contribution in [2.45, 2.75) is 129 Å². The number of likely N-dealkylation sites (tertiary alicyclic amines) is 1. The van der Waals surface area contributed by atoms with Crippen molar-refractivity contribution in [2.24, 2.45) is 5.41 Å². The van der Waals surface area contributed by atoms with Crippen molar-refractivity contribution in [3.63, 3.8) is 0 Å². The molecule has 0 unspecified atom stereocenters. The van der Waals surface area contributed by atoms with Gasteiger partial charge in [-0.1, -0.05) is 26.7 Å². The Balaban J connectivity index is 1.89. The van der Waals surface area contributed by atoms with Crippen LogP contribution in [0.4, 0.5) is 4.79 Å². The smallest absolute Gasteiger partial charge is 0.411 e. The number of nitrogens with zero attached hydrogens (tertiary/aromatic N) is 2. The van der Waals surface area contributed by atoms with Crippen LogP contribution < -0.4 is 0 Å². The Kier molecular flexibility index (Phi) is 7.90. The van der Waals surface area contributed by atoms with E-state index < -0.39 is 29.3 Å². The molecule has 1 saturated carbocycles. The van der Waals surface area contributed by atoms with Crippen LogP contribution in [0.3, 0.4) is 0 Å². The van der Waals surface area contributed by atoms with Gasteiger partial charge in [0.2, 0.25) is 0 Å². The fraction of sp³-hybridized carbons (Fsp3) is 0.885. The first kappa shape index (κ1) is 26.8. The first-order valence-electron chi connectivity index (χ1n) is 13.0. The number of rotatable bonds is 6.